The van der Waals surface area contributed by atoms with Crippen molar-refractivity contribution in [1.82, 2.24) is 9.88 Å². The predicted molar refractivity (Wildman–Crippen MR) is 112 cm³/mol. The van der Waals surface area contributed by atoms with Gasteiger partial charge >= 0.3 is 23.7 Å². The number of carbonyl (C=O) groups is 3. The van der Waals surface area contributed by atoms with Gasteiger partial charge in [0.2, 0.25) is 0 Å². The molecule has 0 amide bonds. The van der Waals surface area contributed by atoms with E-state index >= 15 is 0 Å². The van der Waals surface area contributed by atoms with Crippen LogP contribution in [0.1, 0.15) is 20.3 Å². The Morgan fingerprint density at radius 3 is 2.22 bits per heavy atom. The fraction of sp³-hybridized carbons (Fsp3) is 0.364. The van der Waals surface area contributed by atoms with E-state index in [1.165, 1.54) is 18.8 Å². The summed E-state index contributed by atoms with van der Waals surface area (Å²) in [6.45, 7) is 3.41. The lowest BCUT2D eigenvalue weighted by molar-refractivity contribution is -0.151. The number of allylic oxidation sites excluding steroid dienone is 2. The first-order valence-corrected chi connectivity index (χ1v) is 9.90. The molecule has 1 aliphatic heterocycles. The Hall–Kier alpha value is -3.82. The molecule has 32 heavy (non-hydrogen) atoms. The number of aryl methyl sites for hydroxylation is 1. The quantitative estimate of drug-likeness (QED) is 0.385. The summed E-state index contributed by atoms with van der Waals surface area (Å²) in [4.78, 5) is 49.7. The topological polar surface area (TPSA) is 126 Å². The number of benzene rings is 1. The fourth-order valence-corrected chi connectivity index (χ4v) is 3.70. The second kappa shape index (κ2) is 9.54. The standard InChI is InChI=1S/C22H24N2O8/c1-12-16(19(25)29-3)18(17(13(2)23-12)20(26)30-4)21(27)31-11-7-10-24-14-8-5-6-9-15(14)32-22(24)28/h5-6,8-9,18,23H,7,10-11H2,1-4H3. The number of dihydropyridines is 1. The number of hydrogen-bond donors (Lipinski definition) is 1. The highest BCUT2D eigenvalue weighted by molar-refractivity contribution is 6.05. The molecule has 2 heterocycles. The molecule has 0 saturated heterocycles. The summed E-state index contributed by atoms with van der Waals surface area (Å²) in [5, 5.41) is 2.91. The van der Waals surface area contributed by atoms with E-state index in [-0.39, 0.29) is 24.3 Å². The molecule has 0 radical (unpaired) electrons. The number of oxazole rings is 1. The van der Waals surface area contributed by atoms with Crippen molar-refractivity contribution in [2.75, 3.05) is 20.8 Å². The van der Waals surface area contributed by atoms with Gasteiger partial charge in [-0.25, -0.2) is 14.4 Å². The highest BCUT2D eigenvalue weighted by Gasteiger charge is 2.42. The molecule has 0 fully saturated rings. The second-order valence-corrected chi connectivity index (χ2v) is 7.13. The maximum atomic E-state index is 13.0. The molecule has 1 aromatic heterocycles. The van der Waals surface area contributed by atoms with E-state index in [0.717, 1.165) is 0 Å². The van der Waals surface area contributed by atoms with Crippen LogP contribution >= 0.6 is 0 Å². The number of carbonyl (C=O) groups excluding carboxylic acids is 3. The molecule has 0 unspecified atom stereocenters. The van der Waals surface area contributed by atoms with Gasteiger partial charge in [-0.1, -0.05) is 12.1 Å². The van der Waals surface area contributed by atoms with Gasteiger partial charge in [-0.3, -0.25) is 9.36 Å². The Balaban J connectivity index is 1.76. The third-order valence-corrected chi connectivity index (χ3v) is 5.15. The normalized spacial score (nSPS) is 14.4. The molecule has 1 N–H and O–H groups in total. The van der Waals surface area contributed by atoms with Crippen molar-refractivity contribution < 1.29 is 33.0 Å². The largest absolute Gasteiger partial charge is 0.466 e. The summed E-state index contributed by atoms with van der Waals surface area (Å²) in [5.74, 6) is -4.12. The lowest BCUT2D eigenvalue weighted by Crippen LogP contribution is -2.38. The number of methoxy groups -OCH3 is 2. The number of nitrogens with one attached hydrogen (secondary N) is 1. The van der Waals surface area contributed by atoms with Crippen molar-refractivity contribution in [3.8, 4) is 0 Å². The van der Waals surface area contributed by atoms with Crippen LogP contribution in [0, 0.1) is 5.92 Å². The number of para-hydroxylation sites is 2. The van der Waals surface area contributed by atoms with Crippen LogP contribution in [0.3, 0.4) is 0 Å². The molecule has 170 valence electrons. The molecule has 0 bridgehead atoms. The highest BCUT2D eigenvalue weighted by atomic mass is 16.5. The third-order valence-electron chi connectivity index (χ3n) is 5.15. The lowest BCUT2D eigenvalue weighted by atomic mass is 9.85. The highest BCUT2D eigenvalue weighted by Crippen LogP contribution is 2.32. The molecule has 1 aliphatic rings. The first-order valence-electron chi connectivity index (χ1n) is 9.90. The Bertz CT molecular complexity index is 1150. The minimum atomic E-state index is -1.30. The smallest absolute Gasteiger partial charge is 0.419 e. The van der Waals surface area contributed by atoms with Crippen molar-refractivity contribution in [2.45, 2.75) is 26.8 Å². The molecule has 10 nitrogen and oxygen atoms in total. The zero-order chi connectivity index (χ0) is 23.4. The van der Waals surface area contributed by atoms with Crippen molar-refractivity contribution in [2.24, 2.45) is 5.92 Å². The van der Waals surface area contributed by atoms with Gasteiger partial charge < -0.3 is 23.9 Å². The Labute approximate surface area is 183 Å². The van der Waals surface area contributed by atoms with E-state index < -0.39 is 29.6 Å². The third kappa shape index (κ3) is 4.29. The van der Waals surface area contributed by atoms with Crippen LogP contribution in [-0.4, -0.2) is 43.3 Å². The Morgan fingerprint density at radius 1 is 1.03 bits per heavy atom. The van der Waals surface area contributed by atoms with Gasteiger partial charge in [0.1, 0.15) is 5.92 Å². The maximum absolute atomic E-state index is 13.0. The number of esters is 3. The number of fused-ring (bicyclic) bond motifs is 1. The fourth-order valence-electron chi connectivity index (χ4n) is 3.70. The molecule has 1 aromatic carbocycles. The van der Waals surface area contributed by atoms with Crippen LogP contribution in [-0.2, 0) is 35.1 Å². The number of rotatable bonds is 7. The van der Waals surface area contributed by atoms with E-state index in [4.69, 9.17) is 18.6 Å². The summed E-state index contributed by atoms with van der Waals surface area (Å²) < 4.78 is 21.6. The number of aromatic nitrogens is 1. The van der Waals surface area contributed by atoms with Gasteiger partial charge in [0.25, 0.3) is 0 Å². The van der Waals surface area contributed by atoms with E-state index in [1.54, 1.807) is 38.1 Å². The van der Waals surface area contributed by atoms with Gasteiger partial charge in [-0.2, -0.15) is 0 Å². The first kappa shape index (κ1) is 22.9. The van der Waals surface area contributed by atoms with Gasteiger partial charge in [-0.15, -0.1) is 0 Å². The molecule has 2 aromatic rings. The lowest BCUT2D eigenvalue weighted by Gasteiger charge is -2.28. The zero-order valence-corrected chi connectivity index (χ0v) is 18.2. The van der Waals surface area contributed by atoms with Crippen LogP contribution in [0.15, 0.2) is 56.0 Å². The van der Waals surface area contributed by atoms with Gasteiger partial charge in [0, 0.05) is 17.9 Å². The molecule has 0 aliphatic carbocycles. The number of hydrogen-bond acceptors (Lipinski definition) is 9. The number of nitrogens with zero attached hydrogens (tertiary/aromatic N) is 1. The molecule has 0 saturated carbocycles. The predicted octanol–water partition coefficient (Wildman–Crippen LogP) is 1.64. The first-order chi connectivity index (χ1) is 15.3. The minimum absolute atomic E-state index is 0.0273. The Morgan fingerprint density at radius 2 is 1.62 bits per heavy atom. The molecule has 10 heteroatoms. The van der Waals surface area contributed by atoms with E-state index in [2.05, 4.69) is 5.32 Å². The van der Waals surface area contributed by atoms with Gasteiger partial charge in [0.15, 0.2) is 5.58 Å². The summed E-state index contributed by atoms with van der Waals surface area (Å²) in [6.07, 6.45) is 0.312. The average Bonchev–Trinajstić information content (AvgIpc) is 3.10. The van der Waals surface area contributed by atoms with Gasteiger partial charge in [0.05, 0.1) is 37.5 Å². The zero-order valence-electron chi connectivity index (χ0n) is 18.2. The summed E-state index contributed by atoms with van der Waals surface area (Å²) in [6, 6.07) is 7.00. The minimum Gasteiger partial charge on any atom is -0.466 e. The van der Waals surface area contributed by atoms with E-state index in [1.807, 2.05) is 0 Å². The van der Waals surface area contributed by atoms with Crippen molar-refractivity contribution in [1.29, 1.82) is 0 Å². The maximum Gasteiger partial charge on any atom is 0.419 e. The van der Waals surface area contributed by atoms with Gasteiger partial charge in [-0.05, 0) is 32.4 Å². The van der Waals surface area contributed by atoms with Crippen LogP contribution in [0.2, 0.25) is 0 Å². The van der Waals surface area contributed by atoms with Crippen molar-refractivity contribution >= 4 is 29.0 Å². The molecular weight excluding hydrogens is 420 g/mol. The second-order valence-electron chi connectivity index (χ2n) is 7.13. The summed E-state index contributed by atoms with van der Waals surface area (Å²) >= 11 is 0. The van der Waals surface area contributed by atoms with E-state index in [9.17, 15) is 19.2 Å². The summed E-state index contributed by atoms with van der Waals surface area (Å²) in [7, 11) is 2.36. The molecule has 0 spiro atoms. The van der Waals surface area contributed by atoms with Crippen molar-refractivity contribution in [3.05, 3.63) is 57.4 Å². The Kier molecular flexibility index (Phi) is 6.82. The van der Waals surface area contributed by atoms with Crippen LogP contribution < -0.4 is 11.1 Å². The monoisotopic (exact) mass is 444 g/mol. The molecule has 3 rings (SSSR count). The average molecular weight is 444 g/mol. The van der Waals surface area contributed by atoms with Crippen LogP contribution in [0.25, 0.3) is 11.1 Å². The van der Waals surface area contributed by atoms with Crippen molar-refractivity contribution in [3.63, 3.8) is 0 Å². The van der Waals surface area contributed by atoms with Crippen LogP contribution in [0.5, 0.6) is 0 Å². The summed E-state index contributed by atoms with van der Waals surface area (Å²) in [5.41, 5.74) is 1.80. The SMILES string of the molecule is COC(=O)C1=C(C)NC(C)=C(C(=O)OC)C1C(=O)OCCCn1c(=O)oc2ccccc21. The number of ether oxygens (including phenoxy) is 3. The molecular formula is C22H24N2O8. The van der Waals surface area contributed by atoms with Crippen LogP contribution in [0.4, 0.5) is 0 Å². The van der Waals surface area contributed by atoms with E-state index in [0.29, 0.717) is 28.9 Å². The molecule has 0 atom stereocenters.